The number of hydrogen-bond acceptors (Lipinski definition) is 5. The molecule has 1 atom stereocenters. The number of piperidine rings is 1. The van der Waals surface area contributed by atoms with Gasteiger partial charge in [0.1, 0.15) is 17.2 Å². The Bertz CT molecular complexity index is 774. The first-order chi connectivity index (χ1) is 12.6. The van der Waals surface area contributed by atoms with Crippen molar-refractivity contribution in [2.75, 3.05) is 27.3 Å². The third-order valence-corrected chi connectivity index (χ3v) is 4.92. The van der Waals surface area contributed by atoms with Crippen LogP contribution < -0.4 is 9.47 Å². The predicted octanol–water partition coefficient (Wildman–Crippen LogP) is 3.50. The first-order valence-corrected chi connectivity index (χ1v) is 8.87. The van der Waals surface area contributed by atoms with Gasteiger partial charge in [-0.25, -0.2) is 0 Å². The highest BCUT2D eigenvalue weighted by Crippen LogP contribution is 2.28. The highest BCUT2D eigenvalue weighted by Gasteiger charge is 2.27. The lowest BCUT2D eigenvalue weighted by atomic mass is 9.89. The molecule has 5 nitrogen and oxygen atoms in total. The SMILES string of the molecule is COc1cccc(C(=O)[C@@H]2CCCN(Cc3ccc(OC)cc3O)C2)c1. The minimum atomic E-state index is -0.0313. The number of ketones is 1. The van der Waals surface area contributed by atoms with Gasteiger partial charge in [-0.1, -0.05) is 18.2 Å². The molecule has 2 aromatic carbocycles. The molecule has 26 heavy (non-hydrogen) atoms. The average molecular weight is 355 g/mol. The zero-order valence-electron chi connectivity index (χ0n) is 15.3. The zero-order chi connectivity index (χ0) is 18.5. The summed E-state index contributed by atoms with van der Waals surface area (Å²) in [6, 6.07) is 12.7. The third-order valence-electron chi connectivity index (χ3n) is 4.92. The van der Waals surface area contributed by atoms with E-state index >= 15 is 0 Å². The van der Waals surface area contributed by atoms with E-state index in [0.717, 1.165) is 24.9 Å². The van der Waals surface area contributed by atoms with Gasteiger partial charge in [-0.15, -0.1) is 0 Å². The van der Waals surface area contributed by atoms with Crippen LogP contribution in [0.4, 0.5) is 0 Å². The Morgan fingerprint density at radius 3 is 2.65 bits per heavy atom. The monoisotopic (exact) mass is 355 g/mol. The van der Waals surface area contributed by atoms with Gasteiger partial charge in [0.25, 0.3) is 0 Å². The Hall–Kier alpha value is -2.53. The predicted molar refractivity (Wildman–Crippen MR) is 100.0 cm³/mol. The molecule has 5 heteroatoms. The summed E-state index contributed by atoms with van der Waals surface area (Å²) in [4.78, 5) is 15.1. The van der Waals surface area contributed by atoms with Crippen molar-refractivity contribution in [3.05, 3.63) is 53.6 Å². The summed E-state index contributed by atoms with van der Waals surface area (Å²) in [5, 5.41) is 10.2. The highest BCUT2D eigenvalue weighted by molar-refractivity contribution is 5.98. The number of aromatic hydroxyl groups is 1. The molecule has 1 heterocycles. The molecule has 1 fully saturated rings. The average Bonchev–Trinajstić information content (AvgIpc) is 2.69. The molecule has 0 amide bonds. The summed E-state index contributed by atoms with van der Waals surface area (Å²) in [6.45, 7) is 2.24. The van der Waals surface area contributed by atoms with Crippen LogP contribution in [0.25, 0.3) is 0 Å². The molecule has 1 N–H and O–H groups in total. The normalized spacial score (nSPS) is 17.7. The largest absolute Gasteiger partial charge is 0.507 e. The summed E-state index contributed by atoms with van der Waals surface area (Å²) >= 11 is 0. The number of carbonyl (C=O) groups is 1. The molecule has 0 aliphatic carbocycles. The zero-order valence-corrected chi connectivity index (χ0v) is 15.3. The van der Waals surface area contributed by atoms with Gasteiger partial charge in [0.2, 0.25) is 0 Å². The number of carbonyl (C=O) groups excluding carboxylic acids is 1. The summed E-state index contributed by atoms with van der Waals surface area (Å²) in [5.41, 5.74) is 1.55. The van der Waals surface area contributed by atoms with Crippen molar-refractivity contribution in [2.24, 2.45) is 5.92 Å². The van der Waals surface area contributed by atoms with Crippen LogP contribution in [0.15, 0.2) is 42.5 Å². The van der Waals surface area contributed by atoms with E-state index in [1.807, 2.05) is 30.3 Å². The Morgan fingerprint density at radius 1 is 1.15 bits per heavy atom. The van der Waals surface area contributed by atoms with Crippen LogP contribution in [0.3, 0.4) is 0 Å². The lowest BCUT2D eigenvalue weighted by Crippen LogP contribution is -2.38. The van der Waals surface area contributed by atoms with Crippen molar-refractivity contribution in [1.29, 1.82) is 0 Å². The van der Waals surface area contributed by atoms with Crippen molar-refractivity contribution >= 4 is 5.78 Å². The van der Waals surface area contributed by atoms with E-state index in [0.29, 0.717) is 30.2 Å². The molecular weight excluding hydrogens is 330 g/mol. The van der Waals surface area contributed by atoms with Crippen molar-refractivity contribution in [3.63, 3.8) is 0 Å². The summed E-state index contributed by atoms with van der Waals surface area (Å²) in [6.07, 6.45) is 1.86. The first-order valence-electron chi connectivity index (χ1n) is 8.87. The number of phenolic OH excluding ortho intramolecular Hbond substituents is 1. The van der Waals surface area contributed by atoms with Gasteiger partial charge in [0, 0.05) is 36.2 Å². The van der Waals surface area contributed by atoms with Gasteiger partial charge in [-0.2, -0.15) is 0 Å². The minimum absolute atomic E-state index is 0.0313. The van der Waals surface area contributed by atoms with E-state index < -0.39 is 0 Å². The fourth-order valence-electron chi connectivity index (χ4n) is 3.47. The Kier molecular flexibility index (Phi) is 5.78. The van der Waals surface area contributed by atoms with Crippen LogP contribution in [0.2, 0.25) is 0 Å². The Balaban J connectivity index is 1.68. The van der Waals surface area contributed by atoms with Crippen molar-refractivity contribution in [3.8, 4) is 17.2 Å². The van der Waals surface area contributed by atoms with Gasteiger partial charge in [-0.3, -0.25) is 9.69 Å². The van der Waals surface area contributed by atoms with Crippen molar-refractivity contribution in [2.45, 2.75) is 19.4 Å². The molecule has 1 saturated heterocycles. The number of Topliss-reactive ketones (excluding diaryl/α,β-unsaturated/α-hetero) is 1. The second kappa shape index (κ2) is 8.23. The third kappa shape index (κ3) is 4.17. The highest BCUT2D eigenvalue weighted by atomic mass is 16.5. The number of rotatable bonds is 6. The number of hydrogen-bond donors (Lipinski definition) is 1. The van der Waals surface area contributed by atoms with Gasteiger partial charge >= 0.3 is 0 Å². The fourth-order valence-corrected chi connectivity index (χ4v) is 3.47. The molecule has 1 aliphatic rings. The van der Waals surface area contributed by atoms with Crippen LogP contribution in [0, 0.1) is 5.92 Å². The topological polar surface area (TPSA) is 59.0 Å². The Morgan fingerprint density at radius 2 is 1.92 bits per heavy atom. The van der Waals surface area contributed by atoms with Crippen LogP contribution in [-0.4, -0.2) is 43.1 Å². The lowest BCUT2D eigenvalue weighted by molar-refractivity contribution is 0.0810. The fraction of sp³-hybridized carbons (Fsp3) is 0.381. The maximum Gasteiger partial charge on any atom is 0.167 e. The number of benzene rings is 2. The molecule has 0 aromatic heterocycles. The number of phenols is 1. The van der Waals surface area contributed by atoms with Gasteiger partial charge < -0.3 is 14.6 Å². The molecule has 1 aliphatic heterocycles. The van der Waals surface area contributed by atoms with Gasteiger partial charge in [0.05, 0.1) is 14.2 Å². The molecule has 0 bridgehead atoms. The number of methoxy groups -OCH3 is 2. The van der Waals surface area contributed by atoms with E-state index in [2.05, 4.69) is 4.90 Å². The molecule has 3 rings (SSSR count). The molecular formula is C21H25NO4. The summed E-state index contributed by atoms with van der Waals surface area (Å²) < 4.78 is 10.4. The summed E-state index contributed by atoms with van der Waals surface area (Å²) in [7, 11) is 3.18. The number of ether oxygens (including phenoxy) is 2. The molecule has 138 valence electrons. The lowest BCUT2D eigenvalue weighted by Gasteiger charge is -2.32. The van der Waals surface area contributed by atoms with Gasteiger partial charge in [-0.05, 0) is 37.6 Å². The quantitative estimate of drug-likeness (QED) is 0.804. The number of nitrogens with zero attached hydrogens (tertiary/aromatic N) is 1. The first kappa shape index (κ1) is 18.3. The second-order valence-corrected chi connectivity index (χ2v) is 6.67. The van der Waals surface area contributed by atoms with E-state index in [1.165, 1.54) is 0 Å². The smallest absolute Gasteiger partial charge is 0.167 e. The van der Waals surface area contributed by atoms with Crippen LogP contribution in [0.5, 0.6) is 17.2 Å². The standard InChI is InChI=1S/C21H25NO4/c1-25-18-7-3-5-15(11-18)21(24)17-6-4-10-22(14-17)13-16-8-9-19(26-2)12-20(16)23/h3,5,7-9,11-12,17,23H,4,6,10,13-14H2,1-2H3/t17-/m1/s1. The molecule has 0 saturated carbocycles. The van der Waals surface area contributed by atoms with Crippen LogP contribution >= 0.6 is 0 Å². The summed E-state index contributed by atoms with van der Waals surface area (Å²) in [5.74, 6) is 1.69. The van der Waals surface area contributed by atoms with Crippen LogP contribution in [0.1, 0.15) is 28.8 Å². The van der Waals surface area contributed by atoms with Crippen LogP contribution in [-0.2, 0) is 6.54 Å². The maximum atomic E-state index is 12.9. The Labute approximate surface area is 154 Å². The van der Waals surface area contributed by atoms with E-state index in [9.17, 15) is 9.90 Å². The molecule has 0 radical (unpaired) electrons. The van der Waals surface area contributed by atoms with E-state index in [1.54, 1.807) is 26.4 Å². The van der Waals surface area contributed by atoms with E-state index in [-0.39, 0.29) is 17.5 Å². The van der Waals surface area contributed by atoms with Crippen molar-refractivity contribution < 1.29 is 19.4 Å². The van der Waals surface area contributed by atoms with Crippen molar-refractivity contribution in [1.82, 2.24) is 4.90 Å². The molecule has 0 unspecified atom stereocenters. The minimum Gasteiger partial charge on any atom is -0.507 e. The maximum absolute atomic E-state index is 12.9. The molecule has 2 aromatic rings. The molecule has 0 spiro atoms. The van der Waals surface area contributed by atoms with Gasteiger partial charge in [0.15, 0.2) is 5.78 Å². The van der Waals surface area contributed by atoms with E-state index in [4.69, 9.17) is 9.47 Å². The number of likely N-dealkylation sites (tertiary alicyclic amines) is 1. The second-order valence-electron chi connectivity index (χ2n) is 6.67.